The van der Waals surface area contributed by atoms with Crippen LogP contribution in [0.15, 0.2) is 24.3 Å². The molecule has 0 atom stereocenters. The molecule has 0 heterocycles. The van der Waals surface area contributed by atoms with Gasteiger partial charge in [0.05, 0.1) is 0 Å². The van der Waals surface area contributed by atoms with E-state index in [4.69, 9.17) is 0 Å². The van der Waals surface area contributed by atoms with Gasteiger partial charge < -0.3 is 5.11 Å². The summed E-state index contributed by atoms with van der Waals surface area (Å²) in [5.74, 6) is -0.299. The number of fused-ring (bicyclic) bond motifs is 1. The Bertz CT molecular complexity index is 561. The van der Waals surface area contributed by atoms with Crippen molar-refractivity contribution in [3.63, 3.8) is 0 Å². The lowest BCUT2D eigenvalue weighted by Crippen LogP contribution is -1.94. The zero-order chi connectivity index (χ0) is 11.7. The Morgan fingerprint density at radius 1 is 1.38 bits per heavy atom. The maximum Gasteiger partial charge on any atom is 0.150 e. The molecule has 2 aromatic rings. The second-order valence-electron chi connectivity index (χ2n) is 3.63. The van der Waals surface area contributed by atoms with E-state index in [9.17, 15) is 14.3 Å². The molecular formula is C13H11FO2. The molecule has 1 N–H and O–H groups in total. The van der Waals surface area contributed by atoms with Gasteiger partial charge in [-0.3, -0.25) is 4.79 Å². The molecule has 0 radical (unpaired) electrons. The van der Waals surface area contributed by atoms with Gasteiger partial charge in [0, 0.05) is 5.56 Å². The van der Waals surface area contributed by atoms with Crippen LogP contribution in [0.5, 0.6) is 5.75 Å². The fourth-order valence-corrected chi connectivity index (χ4v) is 1.97. The van der Waals surface area contributed by atoms with Crippen LogP contribution in [0.25, 0.3) is 10.8 Å². The zero-order valence-corrected chi connectivity index (χ0v) is 8.83. The monoisotopic (exact) mass is 218 g/mol. The minimum absolute atomic E-state index is 0.0169. The summed E-state index contributed by atoms with van der Waals surface area (Å²) in [7, 11) is 0. The summed E-state index contributed by atoms with van der Waals surface area (Å²) < 4.78 is 13.6. The topological polar surface area (TPSA) is 37.3 Å². The molecule has 0 amide bonds. The smallest absolute Gasteiger partial charge is 0.150 e. The highest BCUT2D eigenvalue weighted by Crippen LogP contribution is 2.28. The first-order chi connectivity index (χ1) is 7.67. The minimum atomic E-state index is -0.316. The Hall–Kier alpha value is -1.90. The first-order valence-electron chi connectivity index (χ1n) is 5.06. The molecule has 0 spiro atoms. The number of hydrogen-bond donors (Lipinski definition) is 1. The normalized spacial score (nSPS) is 10.6. The molecular weight excluding hydrogens is 207 g/mol. The van der Waals surface area contributed by atoms with Gasteiger partial charge in [-0.2, -0.15) is 0 Å². The summed E-state index contributed by atoms with van der Waals surface area (Å²) in [4.78, 5) is 10.9. The highest BCUT2D eigenvalue weighted by atomic mass is 19.1. The van der Waals surface area contributed by atoms with E-state index in [1.165, 1.54) is 18.2 Å². The number of hydrogen-bond acceptors (Lipinski definition) is 2. The van der Waals surface area contributed by atoms with E-state index < -0.39 is 0 Å². The summed E-state index contributed by atoms with van der Waals surface area (Å²) in [5, 5.41) is 10.7. The number of aromatic hydroxyl groups is 1. The zero-order valence-electron chi connectivity index (χ0n) is 8.83. The number of aldehydes is 1. The summed E-state index contributed by atoms with van der Waals surface area (Å²) in [5.41, 5.74) is 0.839. The first kappa shape index (κ1) is 10.6. The van der Waals surface area contributed by atoms with Gasteiger partial charge in [-0.05, 0) is 41.0 Å². The largest absolute Gasteiger partial charge is 0.508 e. The van der Waals surface area contributed by atoms with Crippen molar-refractivity contribution in [1.82, 2.24) is 0 Å². The van der Waals surface area contributed by atoms with E-state index in [0.29, 0.717) is 34.6 Å². The Morgan fingerprint density at radius 3 is 2.75 bits per heavy atom. The van der Waals surface area contributed by atoms with Crippen molar-refractivity contribution >= 4 is 17.1 Å². The maximum atomic E-state index is 13.6. The quantitative estimate of drug-likeness (QED) is 0.786. The third-order valence-electron chi connectivity index (χ3n) is 2.66. The molecule has 0 aromatic heterocycles. The Balaban J connectivity index is 2.95. The average Bonchev–Trinajstić information content (AvgIpc) is 2.28. The highest BCUT2D eigenvalue weighted by Gasteiger charge is 2.10. The van der Waals surface area contributed by atoms with Gasteiger partial charge >= 0.3 is 0 Å². The fourth-order valence-electron chi connectivity index (χ4n) is 1.97. The number of carbonyl (C=O) groups is 1. The lowest BCUT2D eigenvalue weighted by atomic mass is 9.97. The average molecular weight is 218 g/mol. The Morgan fingerprint density at radius 2 is 2.12 bits per heavy atom. The van der Waals surface area contributed by atoms with Crippen LogP contribution in [-0.2, 0) is 6.42 Å². The number of carbonyl (C=O) groups excluding carboxylic acids is 1. The summed E-state index contributed by atoms with van der Waals surface area (Å²) in [6.45, 7) is 1.83. The molecule has 16 heavy (non-hydrogen) atoms. The van der Waals surface area contributed by atoms with Gasteiger partial charge in [0.15, 0.2) is 6.29 Å². The predicted octanol–water partition coefficient (Wildman–Crippen LogP) is 3.06. The van der Waals surface area contributed by atoms with Crippen molar-refractivity contribution in [2.24, 2.45) is 0 Å². The summed E-state index contributed by atoms with van der Waals surface area (Å²) in [6.07, 6.45) is 1.15. The second-order valence-corrected chi connectivity index (χ2v) is 3.63. The van der Waals surface area contributed by atoms with E-state index in [2.05, 4.69) is 0 Å². The van der Waals surface area contributed by atoms with Crippen LogP contribution >= 0.6 is 0 Å². The predicted molar refractivity (Wildman–Crippen MR) is 60.3 cm³/mol. The molecule has 0 unspecified atom stereocenters. The number of halogens is 1. The standard InChI is InChI=1S/C13H11FO2/c1-2-11-12(14)4-3-8-5-10(16)6-9(7-15)13(8)11/h3-7,16H,2H2,1H3. The number of benzene rings is 2. The number of rotatable bonds is 2. The van der Waals surface area contributed by atoms with E-state index in [1.807, 2.05) is 6.92 Å². The van der Waals surface area contributed by atoms with E-state index in [0.717, 1.165) is 0 Å². The van der Waals surface area contributed by atoms with Crippen molar-refractivity contribution in [2.45, 2.75) is 13.3 Å². The lowest BCUT2D eigenvalue weighted by Gasteiger charge is -2.08. The third-order valence-corrected chi connectivity index (χ3v) is 2.66. The highest BCUT2D eigenvalue weighted by molar-refractivity contribution is 6.01. The molecule has 3 heteroatoms. The number of phenolic OH excluding ortho intramolecular Hbond substituents is 1. The van der Waals surface area contributed by atoms with Crippen molar-refractivity contribution in [3.8, 4) is 5.75 Å². The molecule has 0 aliphatic carbocycles. The van der Waals surface area contributed by atoms with Crippen molar-refractivity contribution in [2.75, 3.05) is 0 Å². The van der Waals surface area contributed by atoms with Crippen molar-refractivity contribution in [1.29, 1.82) is 0 Å². The van der Waals surface area contributed by atoms with Crippen LogP contribution in [0.4, 0.5) is 4.39 Å². The van der Waals surface area contributed by atoms with Gasteiger partial charge in [-0.1, -0.05) is 13.0 Å². The minimum Gasteiger partial charge on any atom is -0.508 e. The number of phenols is 1. The maximum absolute atomic E-state index is 13.6. The molecule has 0 bridgehead atoms. The van der Waals surface area contributed by atoms with Gasteiger partial charge in [-0.25, -0.2) is 4.39 Å². The molecule has 2 rings (SSSR count). The van der Waals surface area contributed by atoms with Crippen LogP contribution in [0, 0.1) is 5.82 Å². The van der Waals surface area contributed by atoms with Crippen LogP contribution < -0.4 is 0 Å². The van der Waals surface area contributed by atoms with E-state index in [1.54, 1.807) is 6.07 Å². The van der Waals surface area contributed by atoms with E-state index in [-0.39, 0.29) is 11.6 Å². The molecule has 0 saturated heterocycles. The molecule has 0 saturated carbocycles. The van der Waals surface area contributed by atoms with Crippen LogP contribution in [-0.4, -0.2) is 11.4 Å². The fraction of sp³-hybridized carbons (Fsp3) is 0.154. The molecule has 0 aliphatic rings. The Kier molecular flexibility index (Phi) is 2.60. The molecule has 2 aromatic carbocycles. The van der Waals surface area contributed by atoms with Crippen LogP contribution in [0.1, 0.15) is 22.8 Å². The SMILES string of the molecule is CCc1c(F)ccc2cc(O)cc(C=O)c12. The van der Waals surface area contributed by atoms with E-state index >= 15 is 0 Å². The summed E-state index contributed by atoms with van der Waals surface area (Å²) >= 11 is 0. The molecule has 2 nitrogen and oxygen atoms in total. The first-order valence-corrected chi connectivity index (χ1v) is 5.06. The molecule has 82 valence electrons. The third kappa shape index (κ3) is 1.54. The van der Waals surface area contributed by atoms with Crippen molar-refractivity contribution in [3.05, 3.63) is 41.2 Å². The molecule has 0 fully saturated rings. The van der Waals surface area contributed by atoms with Crippen molar-refractivity contribution < 1.29 is 14.3 Å². The second kappa shape index (κ2) is 3.93. The Labute approximate surface area is 92.3 Å². The van der Waals surface area contributed by atoms with Crippen LogP contribution in [0.3, 0.4) is 0 Å². The molecule has 0 aliphatic heterocycles. The lowest BCUT2D eigenvalue weighted by molar-refractivity contribution is 0.112. The van der Waals surface area contributed by atoms with Gasteiger partial charge in [0.1, 0.15) is 11.6 Å². The van der Waals surface area contributed by atoms with Crippen LogP contribution in [0.2, 0.25) is 0 Å². The number of aryl methyl sites for hydroxylation is 1. The van der Waals surface area contributed by atoms with Gasteiger partial charge in [0.2, 0.25) is 0 Å². The van der Waals surface area contributed by atoms with Gasteiger partial charge in [-0.15, -0.1) is 0 Å². The van der Waals surface area contributed by atoms with Gasteiger partial charge in [0.25, 0.3) is 0 Å². The summed E-state index contributed by atoms with van der Waals surface area (Å²) in [6, 6.07) is 5.81.